The fourth-order valence-electron chi connectivity index (χ4n) is 5.75. The van der Waals surface area contributed by atoms with Crippen LogP contribution in [-0.2, 0) is 46.4 Å². The van der Waals surface area contributed by atoms with Crippen molar-refractivity contribution < 1.29 is 38.1 Å². The first kappa shape index (κ1) is 39.2. The van der Waals surface area contributed by atoms with E-state index < -0.39 is 47.4 Å². The van der Waals surface area contributed by atoms with Gasteiger partial charge in [0.15, 0.2) is 6.10 Å². The highest BCUT2D eigenvalue weighted by Crippen LogP contribution is 2.45. The number of azide groups is 1. The number of nitrogens with zero attached hydrogens (tertiary/aromatic N) is 3. The second-order valence-electron chi connectivity index (χ2n) is 14.0. The molecule has 0 aromatic heterocycles. The van der Waals surface area contributed by atoms with Gasteiger partial charge in [-0.1, -0.05) is 73.9 Å². The monoisotopic (exact) mass is 723 g/mol. The van der Waals surface area contributed by atoms with E-state index in [1.54, 1.807) is 38.1 Å². The van der Waals surface area contributed by atoms with E-state index in [4.69, 9.17) is 36.1 Å². The van der Waals surface area contributed by atoms with Gasteiger partial charge in [0.05, 0.1) is 30.2 Å². The summed E-state index contributed by atoms with van der Waals surface area (Å²) in [6, 6.07) is 11.6. The molecule has 2 aromatic rings. The minimum absolute atomic E-state index is 0.00610. The number of methoxy groups -OCH3 is 1. The number of benzene rings is 2. The highest BCUT2D eigenvalue weighted by molar-refractivity contribution is 6.32. The molecule has 1 fully saturated rings. The molecule has 14 heteroatoms. The van der Waals surface area contributed by atoms with E-state index in [9.17, 15) is 19.2 Å². The van der Waals surface area contributed by atoms with Crippen molar-refractivity contribution in [2.24, 2.45) is 22.4 Å². The van der Waals surface area contributed by atoms with E-state index in [1.807, 2.05) is 45.0 Å². The van der Waals surface area contributed by atoms with Gasteiger partial charge in [0.2, 0.25) is 11.8 Å². The van der Waals surface area contributed by atoms with Gasteiger partial charge in [0, 0.05) is 30.2 Å². The molecule has 2 N–H and O–H groups in total. The first-order valence-corrected chi connectivity index (χ1v) is 17.3. The van der Waals surface area contributed by atoms with Gasteiger partial charge in [-0.25, -0.2) is 4.79 Å². The van der Waals surface area contributed by atoms with Crippen LogP contribution in [0.1, 0.15) is 70.3 Å². The molecule has 0 aliphatic carbocycles. The predicted octanol–water partition coefficient (Wildman–Crippen LogP) is 5.93. The number of rotatable bonds is 10. The number of halogens is 1. The molecule has 0 spiro atoms. The Kier molecular flexibility index (Phi) is 13.5. The molecule has 6 atom stereocenters. The van der Waals surface area contributed by atoms with Crippen LogP contribution in [0.2, 0.25) is 5.02 Å². The van der Waals surface area contributed by atoms with E-state index in [1.165, 1.54) is 13.2 Å². The number of ether oxygens (including phenoxy) is 4. The van der Waals surface area contributed by atoms with Crippen LogP contribution >= 0.6 is 11.6 Å². The van der Waals surface area contributed by atoms with Crippen molar-refractivity contribution in [3.63, 3.8) is 0 Å². The van der Waals surface area contributed by atoms with Crippen molar-refractivity contribution in [3.8, 4) is 5.75 Å². The molecule has 2 aliphatic rings. The molecule has 0 bridgehead atoms. The molecule has 0 saturated carbocycles. The standard InChI is InChI=1S/C37H46ClN5O8/c1-21(2)16-30-35(46)49-28(22(3)32-33(51-32)25-13-10-23(11-14-25)19-41-43-39)8-7-9-31(44)42-27(18-24-12-15-29(48-6)26(38)17-24)34(45)40-20-37(4,5)36(47)50-30/h7,9-15,17,21-22,27-28,30,32-33H,8,16,18-20H2,1-6H3,(H,40,45)(H,42,44)/b9-7-/t22-,27+,28-,30-,32-,33-/m0/s1. The Morgan fingerprint density at radius 1 is 1.06 bits per heavy atom. The number of carbonyl (C=O) groups excluding carboxylic acids is 4. The van der Waals surface area contributed by atoms with E-state index in [0.717, 1.165) is 11.1 Å². The summed E-state index contributed by atoms with van der Waals surface area (Å²) in [6.07, 6.45) is 0.905. The van der Waals surface area contributed by atoms with Gasteiger partial charge in [-0.3, -0.25) is 14.4 Å². The molecule has 0 unspecified atom stereocenters. The van der Waals surface area contributed by atoms with Crippen LogP contribution in [0.3, 0.4) is 0 Å². The SMILES string of the molecule is COc1ccc(C[C@H]2NC(=O)/C=C\C[C@@H]([C@H](C)[C@@H]3O[C@H]3c3ccc(CN=[N+]=[N-])cc3)OC(=O)[C@H](CC(C)C)OC(=O)C(C)(C)CNC2=O)cc1Cl. The Bertz CT molecular complexity index is 1660. The van der Waals surface area contributed by atoms with Crippen molar-refractivity contribution in [1.82, 2.24) is 10.6 Å². The Balaban J connectivity index is 1.59. The fourth-order valence-corrected chi connectivity index (χ4v) is 6.03. The number of amides is 2. The average Bonchev–Trinajstić information content (AvgIpc) is 3.89. The third-order valence-electron chi connectivity index (χ3n) is 8.90. The van der Waals surface area contributed by atoms with Crippen molar-refractivity contribution in [2.75, 3.05) is 13.7 Å². The van der Waals surface area contributed by atoms with Crippen LogP contribution in [0.4, 0.5) is 0 Å². The second kappa shape index (κ2) is 17.6. The number of nitrogens with one attached hydrogen (secondary N) is 2. The summed E-state index contributed by atoms with van der Waals surface area (Å²) in [5.41, 5.74) is 9.84. The van der Waals surface area contributed by atoms with Crippen molar-refractivity contribution >= 4 is 35.4 Å². The van der Waals surface area contributed by atoms with Crippen molar-refractivity contribution in [3.05, 3.63) is 86.8 Å². The van der Waals surface area contributed by atoms with Gasteiger partial charge in [0.1, 0.15) is 24.0 Å². The highest BCUT2D eigenvalue weighted by atomic mass is 35.5. The lowest BCUT2D eigenvalue weighted by Crippen LogP contribution is -2.51. The number of carbonyl (C=O) groups is 4. The Hall–Kier alpha value is -4.58. The number of hydrogen-bond acceptors (Lipinski definition) is 9. The molecule has 1 saturated heterocycles. The topological polar surface area (TPSA) is 181 Å². The van der Waals surface area contributed by atoms with Gasteiger partial charge in [-0.15, -0.1) is 0 Å². The molecular weight excluding hydrogens is 678 g/mol. The molecule has 2 aliphatic heterocycles. The van der Waals surface area contributed by atoms with Crippen LogP contribution in [0, 0.1) is 17.3 Å². The molecular formula is C37H46ClN5O8. The lowest BCUT2D eigenvalue weighted by molar-refractivity contribution is -0.179. The zero-order chi connectivity index (χ0) is 37.3. The normalized spacial score (nSPS) is 25.4. The molecule has 13 nitrogen and oxygen atoms in total. The zero-order valence-electron chi connectivity index (χ0n) is 29.8. The van der Waals surface area contributed by atoms with Crippen LogP contribution in [0.25, 0.3) is 10.4 Å². The quantitative estimate of drug-likeness (QED) is 0.0994. The zero-order valence-corrected chi connectivity index (χ0v) is 30.5. The summed E-state index contributed by atoms with van der Waals surface area (Å²) in [7, 11) is 1.50. The summed E-state index contributed by atoms with van der Waals surface area (Å²) < 4.78 is 23.1. The number of hydrogen-bond donors (Lipinski definition) is 2. The van der Waals surface area contributed by atoms with Gasteiger partial charge in [-0.05, 0) is 66.6 Å². The lowest BCUT2D eigenvalue weighted by Gasteiger charge is -2.29. The van der Waals surface area contributed by atoms with E-state index in [-0.39, 0.29) is 56.4 Å². The molecule has 51 heavy (non-hydrogen) atoms. The van der Waals surface area contributed by atoms with Gasteiger partial charge >= 0.3 is 11.9 Å². The van der Waals surface area contributed by atoms with Gasteiger partial charge in [-0.2, -0.15) is 0 Å². The van der Waals surface area contributed by atoms with E-state index >= 15 is 0 Å². The van der Waals surface area contributed by atoms with Gasteiger partial charge < -0.3 is 29.6 Å². The smallest absolute Gasteiger partial charge is 0.347 e. The first-order chi connectivity index (χ1) is 24.2. The second-order valence-corrected chi connectivity index (χ2v) is 14.4. The molecule has 2 heterocycles. The summed E-state index contributed by atoms with van der Waals surface area (Å²) >= 11 is 6.33. The van der Waals surface area contributed by atoms with E-state index in [2.05, 4.69) is 20.7 Å². The molecule has 2 amide bonds. The Morgan fingerprint density at radius 2 is 1.76 bits per heavy atom. The van der Waals surface area contributed by atoms with Crippen LogP contribution < -0.4 is 15.4 Å². The lowest BCUT2D eigenvalue weighted by atomic mass is 9.92. The first-order valence-electron chi connectivity index (χ1n) is 17.0. The van der Waals surface area contributed by atoms with Crippen LogP contribution in [0.15, 0.2) is 59.7 Å². The maximum absolute atomic E-state index is 13.7. The summed E-state index contributed by atoms with van der Waals surface area (Å²) in [5.74, 6) is -2.28. The Morgan fingerprint density at radius 3 is 2.41 bits per heavy atom. The number of esters is 2. The highest BCUT2D eigenvalue weighted by Gasteiger charge is 2.48. The third-order valence-corrected chi connectivity index (χ3v) is 9.20. The maximum Gasteiger partial charge on any atom is 0.347 e. The minimum Gasteiger partial charge on any atom is -0.495 e. The largest absolute Gasteiger partial charge is 0.495 e. The molecule has 4 rings (SSSR count). The van der Waals surface area contributed by atoms with Gasteiger partial charge in [0.25, 0.3) is 0 Å². The van der Waals surface area contributed by atoms with E-state index in [0.29, 0.717) is 16.3 Å². The number of cyclic esters (lactones) is 2. The fraction of sp³-hybridized carbons (Fsp3) is 0.514. The minimum atomic E-state index is -1.22. The molecule has 274 valence electrons. The van der Waals surface area contributed by atoms with Crippen molar-refractivity contribution in [2.45, 2.75) is 90.9 Å². The summed E-state index contributed by atoms with van der Waals surface area (Å²) in [4.78, 5) is 56.6. The maximum atomic E-state index is 13.7. The third kappa shape index (κ3) is 11.0. The van der Waals surface area contributed by atoms with Crippen LogP contribution in [-0.4, -0.2) is 61.8 Å². The average molecular weight is 724 g/mol. The summed E-state index contributed by atoms with van der Waals surface area (Å²) in [5, 5.41) is 9.47. The Labute approximate surface area is 303 Å². The van der Waals surface area contributed by atoms with Crippen molar-refractivity contribution in [1.29, 1.82) is 0 Å². The predicted molar refractivity (Wildman–Crippen MR) is 189 cm³/mol. The van der Waals surface area contributed by atoms with Crippen LogP contribution in [0.5, 0.6) is 5.75 Å². The number of epoxide rings is 1. The molecule has 0 radical (unpaired) electrons. The molecule has 2 aromatic carbocycles. The summed E-state index contributed by atoms with van der Waals surface area (Å²) in [6.45, 7) is 9.04.